The van der Waals surface area contributed by atoms with Crippen LogP contribution >= 0.6 is 0 Å². The predicted molar refractivity (Wildman–Crippen MR) is 122 cm³/mol. The van der Waals surface area contributed by atoms with Crippen LogP contribution < -0.4 is 10.6 Å². The molecule has 0 saturated heterocycles. The number of rotatable bonds is 8. The number of aromatic nitrogens is 1. The minimum absolute atomic E-state index is 0.0846. The quantitative estimate of drug-likeness (QED) is 0.601. The first-order chi connectivity index (χ1) is 15.6. The Morgan fingerprint density at radius 1 is 0.939 bits per heavy atom. The molecule has 2 aromatic rings. The molecule has 0 atom stereocenters. The standard InChI is InChI=1S/C23H31N3O6S/c1-15(2)24-22(27)31-13-18-19(14-32-23(28)25-16(3)4)21(26-12-8-11-20(18)26)33(29,30)17-9-6-5-7-10-17/h5-7,9-10,15-16H,8,11-14H2,1-4H3,(H,24,27)(H,25,28). The van der Waals surface area contributed by atoms with Crippen LogP contribution in [0.1, 0.15) is 50.9 Å². The summed E-state index contributed by atoms with van der Waals surface area (Å²) >= 11 is 0. The molecule has 1 aromatic heterocycles. The van der Waals surface area contributed by atoms with Crippen molar-refractivity contribution in [2.75, 3.05) is 0 Å². The molecule has 3 rings (SSSR count). The van der Waals surface area contributed by atoms with Crippen molar-refractivity contribution in [3.63, 3.8) is 0 Å². The molecule has 0 aliphatic carbocycles. The van der Waals surface area contributed by atoms with E-state index in [-0.39, 0.29) is 35.2 Å². The Morgan fingerprint density at radius 3 is 2.03 bits per heavy atom. The summed E-state index contributed by atoms with van der Waals surface area (Å²) in [6.45, 7) is 7.36. The molecule has 0 fully saturated rings. The van der Waals surface area contributed by atoms with Gasteiger partial charge >= 0.3 is 12.2 Å². The van der Waals surface area contributed by atoms with Gasteiger partial charge in [0.05, 0.1) is 4.90 Å². The van der Waals surface area contributed by atoms with Crippen LogP contribution in [0.25, 0.3) is 0 Å². The fraction of sp³-hybridized carbons (Fsp3) is 0.478. The molecule has 0 spiro atoms. The maximum atomic E-state index is 13.6. The maximum Gasteiger partial charge on any atom is 0.407 e. The number of carbonyl (C=O) groups is 2. The highest BCUT2D eigenvalue weighted by molar-refractivity contribution is 7.91. The van der Waals surface area contributed by atoms with Gasteiger partial charge in [-0.3, -0.25) is 0 Å². The third-order valence-corrected chi connectivity index (χ3v) is 7.02. The first-order valence-electron chi connectivity index (χ1n) is 11.0. The van der Waals surface area contributed by atoms with Crippen molar-refractivity contribution in [2.45, 2.75) is 82.3 Å². The van der Waals surface area contributed by atoms with E-state index in [1.165, 1.54) is 12.1 Å². The molecule has 33 heavy (non-hydrogen) atoms. The molecule has 0 unspecified atom stereocenters. The van der Waals surface area contributed by atoms with Gasteiger partial charge in [0.15, 0.2) is 0 Å². The number of hydrogen-bond acceptors (Lipinski definition) is 6. The van der Waals surface area contributed by atoms with Gasteiger partial charge in [0.1, 0.15) is 18.2 Å². The molecule has 0 saturated carbocycles. The fourth-order valence-corrected chi connectivity index (χ4v) is 5.58. The third-order valence-electron chi connectivity index (χ3n) is 5.15. The van der Waals surface area contributed by atoms with E-state index in [1.54, 1.807) is 36.6 Å². The van der Waals surface area contributed by atoms with Gasteiger partial charge in [-0.15, -0.1) is 0 Å². The Labute approximate surface area is 194 Å². The van der Waals surface area contributed by atoms with Crippen molar-refractivity contribution in [2.24, 2.45) is 0 Å². The molecule has 0 radical (unpaired) electrons. The minimum atomic E-state index is -3.91. The molecule has 180 valence electrons. The van der Waals surface area contributed by atoms with Crippen LogP contribution in [-0.4, -0.2) is 37.3 Å². The SMILES string of the molecule is CC(C)NC(=O)OCc1c(COC(=O)NC(C)C)c(S(=O)(=O)c2ccccc2)n2c1CCC2. The van der Waals surface area contributed by atoms with Crippen LogP contribution in [0, 0.1) is 0 Å². The lowest BCUT2D eigenvalue weighted by Crippen LogP contribution is -2.31. The Bertz CT molecular complexity index is 1110. The molecule has 0 bridgehead atoms. The zero-order valence-corrected chi connectivity index (χ0v) is 20.2. The lowest BCUT2D eigenvalue weighted by Gasteiger charge is -2.14. The second-order valence-electron chi connectivity index (χ2n) is 8.53. The number of benzene rings is 1. The summed E-state index contributed by atoms with van der Waals surface area (Å²) in [4.78, 5) is 24.4. The monoisotopic (exact) mass is 477 g/mol. The number of carbonyl (C=O) groups excluding carboxylic acids is 2. The smallest absolute Gasteiger partial charge is 0.407 e. The average molecular weight is 478 g/mol. The van der Waals surface area contributed by atoms with Crippen LogP contribution in [0.3, 0.4) is 0 Å². The molecular weight excluding hydrogens is 446 g/mol. The highest BCUT2D eigenvalue weighted by Gasteiger charge is 2.34. The lowest BCUT2D eigenvalue weighted by molar-refractivity contribution is 0.128. The molecule has 1 aliphatic heterocycles. The van der Waals surface area contributed by atoms with Gasteiger partial charge in [0, 0.05) is 35.4 Å². The van der Waals surface area contributed by atoms with Crippen molar-refractivity contribution >= 4 is 22.0 Å². The first kappa shape index (κ1) is 24.6. The van der Waals surface area contributed by atoms with E-state index in [1.807, 2.05) is 13.8 Å². The van der Waals surface area contributed by atoms with Crippen molar-refractivity contribution < 1.29 is 27.5 Å². The van der Waals surface area contributed by atoms with Gasteiger partial charge in [-0.2, -0.15) is 0 Å². The summed E-state index contributed by atoms with van der Waals surface area (Å²) in [5.74, 6) is 0. The van der Waals surface area contributed by atoms with Crippen molar-refractivity contribution in [3.05, 3.63) is 47.2 Å². The van der Waals surface area contributed by atoms with Crippen LogP contribution in [-0.2, 0) is 45.5 Å². The van der Waals surface area contributed by atoms with Crippen molar-refractivity contribution in [1.29, 1.82) is 0 Å². The summed E-state index contributed by atoms with van der Waals surface area (Å²) in [6.07, 6.45) is 0.163. The Kier molecular flexibility index (Phi) is 7.68. The fourth-order valence-electron chi connectivity index (χ4n) is 3.85. The lowest BCUT2D eigenvalue weighted by atomic mass is 10.1. The molecular formula is C23H31N3O6S. The second kappa shape index (κ2) is 10.3. The van der Waals surface area contributed by atoms with E-state index < -0.39 is 22.0 Å². The maximum absolute atomic E-state index is 13.6. The summed E-state index contributed by atoms with van der Waals surface area (Å²) in [6, 6.07) is 7.90. The van der Waals surface area contributed by atoms with Crippen molar-refractivity contribution in [3.8, 4) is 0 Å². The third kappa shape index (κ3) is 5.68. The Morgan fingerprint density at radius 2 is 1.48 bits per heavy atom. The molecule has 2 heterocycles. The second-order valence-corrected chi connectivity index (χ2v) is 10.4. The predicted octanol–water partition coefficient (Wildman–Crippen LogP) is 3.54. The summed E-state index contributed by atoms with van der Waals surface area (Å²) in [5.41, 5.74) is 1.69. The zero-order valence-electron chi connectivity index (χ0n) is 19.4. The Balaban J connectivity index is 2.04. The van der Waals surface area contributed by atoms with Crippen LogP contribution in [0.5, 0.6) is 0 Å². The van der Waals surface area contributed by atoms with Gasteiger partial charge in [-0.05, 0) is 52.7 Å². The molecule has 10 heteroatoms. The molecule has 1 aromatic carbocycles. The largest absolute Gasteiger partial charge is 0.445 e. The van der Waals surface area contributed by atoms with Gasteiger partial charge in [0.2, 0.25) is 9.84 Å². The zero-order chi connectivity index (χ0) is 24.2. The minimum Gasteiger partial charge on any atom is -0.445 e. The number of hydrogen-bond donors (Lipinski definition) is 2. The van der Waals surface area contributed by atoms with Crippen molar-refractivity contribution in [1.82, 2.24) is 15.2 Å². The number of alkyl carbamates (subject to hydrolysis) is 2. The van der Waals surface area contributed by atoms with Crippen LogP contribution in [0.2, 0.25) is 0 Å². The summed E-state index contributed by atoms with van der Waals surface area (Å²) in [5, 5.41) is 5.37. The van der Waals surface area contributed by atoms with E-state index in [4.69, 9.17) is 9.47 Å². The molecule has 2 amide bonds. The van der Waals surface area contributed by atoms with Gasteiger partial charge < -0.3 is 24.7 Å². The topological polar surface area (TPSA) is 116 Å². The summed E-state index contributed by atoms with van der Waals surface area (Å²) < 4.78 is 39.8. The number of nitrogens with zero attached hydrogens (tertiary/aromatic N) is 1. The number of fused-ring (bicyclic) bond motifs is 1. The van der Waals surface area contributed by atoms with E-state index >= 15 is 0 Å². The molecule has 1 aliphatic rings. The van der Waals surface area contributed by atoms with Gasteiger partial charge in [0.25, 0.3) is 0 Å². The van der Waals surface area contributed by atoms with Crippen LogP contribution in [0.15, 0.2) is 40.3 Å². The number of sulfone groups is 1. The number of nitrogens with one attached hydrogen (secondary N) is 2. The van der Waals surface area contributed by atoms with E-state index in [0.29, 0.717) is 24.1 Å². The van der Waals surface area contributed by atoms with Crippen LogP contribution in [0.4, 0.5) is 9.59 Å². The summed E-state index contributed by atoms with van der Waals surface area (Å²) in [7, 11) is -3.91. The number of amides is 2. The molecule has 2 N–H and O–H groups in total. The molecule has 9 nitrogen and oxygen atoms in total. The van der Waals surface area contributed by atoms with Gasteiger partial charge in [-0.25, -0.2) is 18.0 Å². The highest BCUT2D eigenvalue weighted by Crippen LogP contribution is 2.36. The average Bonchev–Trinajstić information content (AvgIpc) is 3.30. The van der Waals surface area contributed by atoms with Gasteiger partial charge in [-0.1, -0.05) is 18.2 Å². The van der Waals surface area contributed by atoms with E-state index in [2.05, 4.69) is 10.6 Å². The highest BCUT2D eigenvalue weighted by atomic mass is 32.2. The normalized spacial score (nSPS) is 13.2. The first-order valence-corrected chi connectivity index (χ1v) is 12.5. The Hall–Kier alpha value is -3.01. The number of ether oxygens (including phenoxy) is 2. The van der Waals surface area contributed by atoms with E-state index in [9.17, 15) is 18.0 Å². The van der Waals surface area contributed by atoms with E-state index in [0.717, 1.165) is 12.1 Å².